The van der Waals surface area contributed by atoms with Crippen LogP contribution in [0, 0.1) is 12.8 Å². The molecule has 0 radical (unpaired) electrons. The standard InChI is InChI=1S/C20H30N4OS/c1-5-21-20(24-13-19-23-12-16(4)26-19)22-11-10-17-6-8-18(9-7-17)25-14-15(2)3/h6-9,12,15H,5,10-11,13-14H2,1-4H3,(H2,21,22,24). The fourth-order valence-corrected chi connectivity index (χ4v) is 3.02. The third kappa shape index (κ3) is 7.44. The lowest BCUT2D eigenvalue weighted by atomic mass is 10.1. The molecule has 2 N–H and O–H groups in total. The zero-order valence-corrected chi connectivity index (χ0v) is 17.0. The maximum atomic E-state index is 5.72. The van der Waals surface area contributed by atoms with E-state index in [0.717, 1.165) is 42.8 Å². The number of hydrogen-bond donors (Lipinski definition) is 2. The number of aromatic nitrogens is 1. The van der Waals surface area contributed by atoms with Gasteiger partial charge in [0.2, 0.25) is 0 Å². The lowest BCUT2D eigenvalue weighted by molar-refractivity contribution is 0.271. The minimum absolute atomic E-state index is 0.538. The second-order valence-corrected chi connectivity index (χ2v) is 7.90. The van der Waals surface area contributed by atoms with Crippen molar-refractivity contribution in [2.75, 3.05) is 19.7 Å². The van der Waals surface area contributed by atoms with Gasteiger partial charge in [0.1, 0.15) is 10.8 Å². The summed E-state index contributed by atoms with van der Waals surface area (Å²) in [6.07, 6.45) is 2.83. The van der Waals surface area contributed by atoms with Gasteiger partial charge in [-0.15, -0.1) is 11.3 Å². The van der Waals surface area contributed by atoms with Crippen LogP contribution in [0.5, 0.6) is 5.75 Å². The molecule has 0 amide bonds. The van der Waals surface area contributed by atoms with Crippen molar-refractivity contribution in [3.63, 3.8) is 0 Å². The number of aliphatic imine (C=N–C) groups is 1. The summed E-state index contributed by atoms with van der Waals surface area (Å²) >= 11 is 1.69. The minimum Gasteiger partial charge on any atom is -0.493 e. The average Bonchev–Trinajstić information content (AvgIpc) is 3.04. The molecule has 0 spiro atoms. The molecule has 2 aromatic rings. The predicted molar refractivity (Wildman–Crippen MR) is 110 cm³/mol. The van der Waals surface area contributed by atoms with Crippen molar-refractivity contribution in [2.24, 2.45) is 10.9 Å². The van der Waals surface area contributed by atoms with Crippen LogP contribution in [0.3, 0.4) is 0 Å². The quantitative estimate of drug-likeness (QED) is 0.518. The Morgan fingerprint density at radius 2 is 2.00 bits per heavy atom. The molecule has 2 rings (SSSR count). The van der Waals surface area contributed by atoms with Gasteiger partial charge in [0.15, 0.2) is 5.96 Å². The highest BCUT2D eigenvalue weighted by atomic mass is 32.1. The Kier molecular flexibility index (Phi) is 8.41. The first kappa shape index (κ1) is 20.2. The fourth-order valence-electron chi connectivity index (χ4n) is 2.30. The van der Waals surface area contributed by atoms with Crippen LogP contribution in [-0.2, 0) is 13.0 Å². The molecule has 5 nitrogen and oxygen atoms in total. The van der Waals surface area contributed by atoms with Gasteiger partial charge in [-0.3, -0.25) is 0 Å². The number of aryl methyl sites for hydroxylation is 1. The number of guanidine groups is 1. The summed E-state index contributed by atoms with van der Waals surface area (Å²) in [6, 6.07) is 8.34. The van der Waals surface area contributed by atoms with Crippen LogP contribution in [0.2, 0.25) is 0 Å². The molecule has 0 saturated carbocycles. The fraction of sp³-hybridized carbons (Fsp3) is 0.500. The second-order valence-electron chi connectivity index (χ2n) is 6.59. The molecular formula is C20H30N4OS. The van der Waals surface area contributed by atoms with Gasteiger partial charge < -0.3 is 15.4 Å². The number of nitrogens with zero attached hydrogens (tertiary/aromatic N) is 2. The Labute approximate surface area is 160 Å². The van der Waals surface area contributed by atoms with Crippen LogP contribution < -0.4 is 15.4 Å². The van der Waals surface area contributed by atoms with E-state index >= 15 is 0 Å². The van der Waals surface area contributed by atoms with E-state index in [1.54, 1.807) is 11.3 Å². The third-order valence-corrected chi connectivity index (χ3v) is 4.50. The minimum atomic E-state index is 0.538. The monoisotopic (exact) mass is 374 g/mol. The van der Waals surface area contributed by atoms with E-state index in [2.05, 4.69) is 60.4 Å². The summed E-state index contributed by atoms with van der Waals surface area (Å²) in [5, 5.41) is 7.70. The van der Waals surface area contributed by atoms with Gasteiger partial charge in [-0.2, -0.15) is 0 Å². The number of nitrogens with one attached hydrogen (secondary N) is 2. The number of ether oxygens (including phenoxy) is 1. The molecule has 0 unspecified atom stereocenters. The second kappa shape index (κ2) is 10.8. The van der Waals surface area contributed by atoms with Gasteiger partial charge in [-0.05, 0) is 43.9 Å². The SMILES string of the molecule is CCNC(=NCc1ncc(C)s1)NCCc1ccc(OCC(C)C)cc1. The van der Waals surface area contributed by atoms with E-state index in [-0.39, 0.29) is 0 Å². The summed E-state index contributed by atoms with van der Waals surface area (Å²) in [5.41, 5.74) is 1.28. The van der Waals surface area contributed by atoms with Crippen LogP contribution >= 0.6 is 11.3 Å². The lowest BCUT2D eigenvalue weighted by Gasteiger charge is -2.12. The number of hydrogen-bond acceptors (Lipinski definition) is 4. The van der Waals surface area contributed by atoms with Gasteiger partial charge in [0, 0.05) is 24.2 Å². The molecule has 142 valence electrons. The van der Waals surface area contributed by atoms with Gasteiger partial charge >= 0.3 is 0 Å². The van der Waals surface area contributed by atoms with Crippen LogP contribution in [0.25, 0.3) is 0 Å². The van der Waals surface area contributed by atoms with Crippen LogP contribution in [0.4, 0.5) is 0 Å². The van der Waals surface area contributed by atoms with E-state index in [0.29, 0.717) is 12.5 Å². The van der Waals surface area contributed by atoms with Gasteiger partial charge in [-0.1, -0.05) is 26.0 Å². The van der Waals surface area contributed by atoms with E-state index in [1.165, 1.54) is 10.4 Å². The molecule has 1 heterocycles. The van der Waals surface area contributed by atoms with E-state index in [4.69, 9.17) is 4.74 Å². The molecule has 1 aromatic heterocycles. The Hall–Kier alpha value is -2.08. The molecule has 0 fully saturated rings. The maximum Gasteiger partial charge on any atom is 0.191 e. The highest BCUT2D eigenvalue weighted by Gasteiger charge is 2.02. The van der Waals surface area contributed by atoms with Crippen molar-refractivity contribution >= 4 is 17.3 Å². The summed E-state index contributed by atoms with van der Waals surface area (Å²) in [6.45, 7) is 11.5. The number of rotatable bonds is 9. The zero-order valence-electron chi connectivity index (χ0n) is 16.2. The molecule has 0 aliphatic heterocycles. The Morgan fingerprint density at radius 1 is 1.23 bits per heavy atom. The first-order chi connectivity index (χ1) is 12.6. The van der Waals surface area contributed by atoms with Gasteiger partial charge in [0.25, 0.3) is 0 Å². The molecule has 0 atom stereocenters. The molecular weight excluding hydrogens is 344 g/mol. The molecule has 6 heteroatoms. The first-order valence-corrected chi connectivity index (χ1v) is 10.0. The normalized spacial score (nSPS) is 11.7. The van der Waals surface area contributed by atoms with Crippen molar-refractivity contribution in [1.29, 1.82) is 0 Å². The summed E-state index contributed by atoms with van der Waals surface area (Å²) in [5.74, 6) is 2.30. The van der Waals surface area contributed by atoms with Gasteiger partial charge in [0.05, 0.1) is 13.2 Å². The number of thiazole rings is 1. The molecule has 0 aliphatic carbocycles. The topological polar surface area (TPSA) is 58.5 Å². The van der Waals surface area contributed by atoms with Crippen molar-refractivity contribution in [3.05, 3.63) is 45.9 Å². The molecule has 0 aliphatic rings. The Bertz CT molecular complexity index is 679. The van der Waals surface area contributed by atoms with Crippen molar-refractivity contribution in [3.8, 4) is 5.75 Å². The van der Waals surface area contributed by atoms with Gasteiger partial charge in [-0.25, -0.2) is 9.98 Å². The van der Waals surface area contributed by atoms with Crippen molar-refractivity contribution < 1.29 is 4.74 Å². The summed E-state index contributed by atoms with van der Waals surface area (Å²) in [4.78, 5) is 10.2. The molecule has 1 aromatic carbocycles. The van der Waals surface area contributed by atoms with Crippen molar-refractivity contribution in [1.82, 2.24) is 15.6 Å². The van der Waals surface area contributed by atoms with E-state index < -0.39 is 0 Å². The zero-order chi connectivity index (χ0) is 18.8. The highest BCUT2D eigenvalue weighted by molar-refractivity contribution is 7.11. The average molecular weight is 375 g/mol. The van der Waals surface area contributed by atoms with Crippen LogP contribution in [0.1, 0.15) is 36.2 Å². The predicted octanol–water partition coefficient (Wildman–Crippen LogP) is 3.78. The smallest absolute Gasteiger partial charge is 0.191 e. The van der Waals surface area contributed by atoms with Crippen LogP contribution in [-0.4, -0.2) is 30.6 Å². The van der Waals surface area contributed by atoms with E-state index in [9.17, 15) is 0 Å². The molecule has 0 saturated heterocycles. The Morgan fingerprint density at radius 3 is 2.62 bits per heavy atom. The lowest BCUT2D eigenvalue weighted by Crippen LogP contribution is -2.38. The Balaban J connectivity index is 1.79. The largest absolute Gasteiger partial charge is 0.493 e. The first-order valence-electron chi connectivity index (χ1n) is 9.22. The summed E-state index contributed by atoms with van der Waals surface area (Å²) in [7, 11) is 0. The van der Waals surface area contributed by atoms with Crippen molar-refractivity contribution in [2.45, 2.75) is 40.7 Å². The summed E-state index contributed by atoms with van der Waals surface area (Å²) < 4.78 is 5.72. The third-order valence-electron chi connectivity index (χ3n) is 3.60. The highest BCUT2D eigenvalue weighted by Crippen LogP contribution is 2.14. The van der Waals surface area contributed by atoms with Crippen LogP contribution in [0.15, 0.2) is 35.5 Å². The number of benzene rings is 1. The molecule has 0 bridgehead atoms. The maximum absolute atomic E-state index is 5.72. The molecule has 26 heavy (non-hydrogen) atoms. The van der Waals surface area contributed by atoms with E-state index in [1.807, 2.05) is 18.3 Å².